The van der Waals surface area contributed by atoms with Gasteiger partial charge in [0.2, 0.25) is 0 Å². The Balaban J connectivity index is 2.52. The third-order valence-corrected chi connectivity index (χ3v) is 3.63. The van der Waals surface area contributed by atoms with Crippen LogP contribution in [-0.2, 0) is 0 Å². The zero-order valence-electron chi connectivity index (χ0n) is 11.7. The molecular formula is C17H13ClFNO. The van der Waals surface area contributed by atoms with E-state index in [2.05, 4.69) is 0 Å². The van der Waals surface area contributed by atoms with Crippen LogP contribution in [0.15, 0.2) is 36.4 Å². The van der Waals surface area contributed by atoms with E-state index in [1.807, 2.05) is 25.1 Å². The highest BCUT2D eigenvalue weighted by Gasteiger charge is 2.26. The lowest BCUT2D eigenvalue weighted by Crippen LogP contribution is -2.14. The van der Waals surface area contributed by atoms with E-state index in [9.17, 15) is 14.4 Å². The normalized spacial score (nSPS) is 11.8. The van der Waals surface area contributed by atoms with Gasteiger partial charge >= 0.3 is 0 Å². The monoisotopic (exact) mass is 301 g/mol. The summed E-state index contributed by atoms with van der Waals surface area (Å²) in [5, 5.41) is 9.21. The molecule has 0 N–H and O–H groups in total. The molecule has 1 unspecified atom stereocenters. The number of nitriles is 1. The first-order valence-electron chi connectivity index (χ1n) is 6.40. The van der Waals surface area contributed by atoms with Crippen LogP contribution >= 0.6 is 11.6 Å². The average molecular weight is 302 g/mol. The first kappa shape index (κ1) is 15.2. The fraction of sp³-hybridized carbons (Fsp3) is 0.176. The summed E-state index contributed by atoms with van der Waals surface area (Å²) >= 11 is 5.73. The van der Waals surface area contributed by atoms with Crippen LogP contribution in [0.3, 0.4) is 0 Å². The number of hydrogen-bond acceptors (Lipinski definition) is 2. The van der Waals surface area contributed by atoms with Gasteiger partial charge in [-0.05, 0) is 31.5 Å². The molecule has 21 heavy (non-hydrogen) atoms. The van der Waals surface area contributed by atoms with E-state index in [1.54, 1.807) is 13.0 Å². The van der Waals surface area contributed by atoms with Gasteiger partial charge in [-0.3, -0.25) is 4.79 Å². The van der Waals surface area contributed by atoms with Crippen molar-refractivity contribution >= 4 is 17.4 Å². The van der Waals surface area contributed by atoms with E-state index in [0.717, 1.165) is 11.1 Å². The van der Waals surface area contributed by atoms with Gasteiger partial charge in [-0.1, -0.05) is 41.4 Å². The van der Waals surface area contributed by atoms with Crippen LogP contribution in [0.4, 0.5) is 4.39 Å². The van der Waals surface area contributed by atoms with Crippen molar-refractivity contribution in [3.8, 4) is 6.07 Å². The summed E-state index contributed by atoms with van der Waals surface area (Å²) in [7, 11) is 0. The predicted molar refractivity (Wildman–Crippen MR) is 80.0 cm³/mol. The van der Waals surface area contributed by atoms with Crippen molar-refractivity contribution in [2.75, 3.05) is 0 Å². The first-order valence-corrected chi connectivity index (χ1v) is 6.78. The molecular weight excluding hydrogens is 289 g/mol. The van der Waals surface area contributed by atoms with Gasteiger partial charge in [0.05, 0.1) is 11.1 Å². The number of aryl methyl sites for hydroxylation is 2. The minimum atomic E-state index is -1.20. The molecule has 0 radical (unpaired) electrons. The van der Waals surface area contributed by atoms with Crippen molar-refractivity contribution in [2.45, 2.75) is 19.8 Å². The van der Waals surface area contributed by atoms with Crippen molar-refractivity contribution in [2.24, 2.45) is 0 Å². The molecule has 0 bridgehead atoms. The molecule has 106 valence electrons. The summed E-state index contributed by atoms with van der Waals surface area (Å²) in [6.07, 6.45) is 0. The third kappa shape index (κ3) is 2.96. The number of Topliss-reactive ketones (excluding diaryl/α,β-unsaturated/α-hetero) is 1. The average Bonchev–Trinajstić information content (AvgIpc) is 2.46. The largest absolute Gasteiger partial charge is 0.292 e. The van der Waals surface area contributed by atoms with Crippen molar-refractivity contribution in [3.63, 3.8) is 0 Å². The minimum Gasteiger partial charge on any atom is -0.292 e. The number of halogens is 2. The Morgan fingerprint density at radius 1 is 1.29 bits per heavy atom. The van der Waals surface area contributed by atoms with Crippen LogP contribution in [0.2, 0.25) is 5.02 Å². The molecule has 2 aromatic carbocycles. The number of carbonyl (C=O) groups excluding carboxylic acids is 1. The van der Waals surface area contributed by atoms with Crippen molar-refractivity contribution < 1.29 is 9.18 Å². The molecule has 2 nitrogen and oxygen atoms in total. The van der Waals surface area contributed by atoms with Crippen LogP contribution in [-0.4, -0.2) is 5.78 Å². The van der Waals surface area contributed by atoms with Crippen LogP contribution in [0, 0.1) is 31.0 Å². The van der Waals surface area contributed by atoms with Crippen molar-refractivity contribution in [1.82, 2.24) is 0 Å². The van der Waals surface area contributed by atoms with E-state index in [-0.39, 0.29) is 10.6 Å². The molecule has 4 heteroatoms. The lowest BCUT2D eigenvalue weighted by Gasteiger charge is -2.12. The van der Waals surface area contributed by atoms with Gasteiger partial charge in [-0.2, -0.15) is 5.26 Å². The van der Waals surface area contributed by atoms with Gasteiger partial charge in [-0.25, -0.2) is 4.39 Å². The fourth-order valence-corrected chi connectivity index (χ4v) is 2.35. The van der Waals surface area contributed by atoms with Gasteiger partial charge in [0.15, 0.2) is 5.78 Å². The fourth-order valence-electron chi connectivity index (χ4n) is 2.17. The zero-order chi connectivity index (χ0) is 15.6. The lowest BCUT2D eigenvalue weighted by atomic mass is 9.89. The van der Waals surface area contributed by atoms with Gasteiger partial charge in [-0.15, -0.1) is 0 Å². The second-order valence-electron chi connectivity index (χ2n) is 4.89. The van der Waals surface area contributed by atoms with Crippen LogP contribution in [0.1, 0.15) is 33.0 Å². The van der Waals surface area contributed by atoms with Crippen LogP contribution in [0.25, 0.3) is 0 Å². The second kappa shape index (κ2) is 6.07. The van der Waals surface area contributed by atoms with E-state index in [1.165, 1.54) is 18.2 Å². The summed E-state index contributed by atoms with van der Waals surface area (Å²) in [5.74, 6) is -2.34. The van der Waals surface area contributed by atoms with Gasteiger partial charge in [0.1, 0.15) is 11.7 Å². The summed E-state index contributed by atoms with van der Waals surface area (Å²) in [5.41, 5.74) is 2.11. The minimum absolute atomic E-state index is 0.0101. The zero-order valence-corrected chi connectivity index (χ0v) is 12.4. The molecule has 0 saturated heterocycles. The molecule has 0 amide bonds. The molecule has 2 rings (SSSR count). The number of rotatable bonds is 3. The molecule has 0 heterocycles. The van der Waals surface area contributed by atoms with Crippen molar-refractivity contribution in [1.29, 1.82) is 5.26 Å². The topological polar surface area (TPSA) is 40.9 Å². The van der Waals surface area contributed by atoms with E-state index in [0.29, 0.717) is 5.56 Å². The molecule has 0 aliphatic rings. The Kier molecular flexibility index (Phi) is 4.40. The molecule has 0 saturated carbocycles. The number of hydrogen-bond donors (Lipinski definition) is 0. The third-order valence-electron chi connectivity index (χ3n) is 3.34. The summed E-state index contributed by atoms with van der Waals surface area (Å²) < 4.78 is 14.1. The van der Waals surface area contributed by atoms with Crippen molar-refractivity contribution in [3.05, 3.63) is 69.5 Å². The second-order valence-corrected chi connectivity index (χ2v) is 5.29. The molecule has 1 atom stereocenters. The van der Waals surface area contributed by atoms with Crippen LogP contribution in [0.5, 0.6) is 0 Å². The molecule has 0 aromatic heterocycles. The highest BCUT2D eigenvalue weighted by Crippen LogP contribution is 2.28. The van der Waals surface area contributed by atoms with Crippen LogP contribution < -0.4 is 0 Å². The Bertz CT molecular complexity index is 749. The van der Waals surface area contributed by atoms with Gasteiger partial charge < -0.3 is 0 Å². The highest BCUT2D eigenvalue weighted by atomic mass is 35.5. The molecule has 2 aromatic rings. The molecule has 0 aliphatic carbocycles. The molecule has 0 aliphatic heterocycles. The van der Waals surface area contributed by atoms with E-state index < -0.39 is 17.5 Å². The standard InChI is InChI=1S/C17H13ClFNO/c1-10-6-7-11(2)13(8-10)17(21)14(9-20)12-4-3-5-15(18)16(12)19/h3-8,14H,1-2H3. The SMILES string of the molecule is Cc1ccc(C)c(C(=O)C(C#N)c2cccc(Cl)c2F)c1. The molecule has 0 fully saturated rings. The van der Waals surface area contributed by atoms with Gasteiger partial charge in [0, 0.05) is 11.1 Å². The Labute approximate surface area is 127 Å². The highest BCUT2D eigenvalue weighted by molar-refractivity contribution is 6.30. The van der Waals surface area contributed by atoms with E-state index >= 15 is 0 Å². The summed E-state index contributed by atoms with van der Waals surface area (Å²) in [4.78, 5) is 12.6. The summed E-state index contributed by atoms with van der Waals surface area (Å²) in [6.45, 7) is 3.65. The number of nitrogens with zero attached hydrogens (tertiary/aromatic N) is 1. The quantitative estimate of drug-likeness (QED) is 0.778. The Morgan fingerprint density at radius 2 is 2.00 bits per heavy atom. The maximum atomic E-state index is 14.1. The molecule has 0 spiro atoms. The smallest absolute Gasteiger partial charge is 0.184 e. The lowest BCUT2D eigenvalue weighted by molar-refractivity contribution is 0.0977. The maximum Gasteiger partial charge on any atom is 0.184 e. The number of ketones is 1. The maximum absolute atomic E-state index is 14.1. The Morgan fingerprint density at radius 3 is 2.67 bits per heavy atom. The summed E-state index contributed by atoms with van der Waals surface area (Å²) in [6, 6.07) is 11.6. The predicted octanol–water partition coefficient (Wildman–Crippen LogP) is 4.59. The van der Waals surface area contributed by atoms with Gasteiger partial charge in [0.25, 0.3) is 0 Å². The van der Waals surface area contributed by atoms with E-state index in [4.69, 9.17) is 11.6 Å². The first-order chi connectivity index (χ1) is 9.95. The Hall–Kier alpha value is -2.18. The number of carbonyl (C=O) groups is 1. The number of benzene rings is 2.